The first kappa shape index (κ1) is 13.4. The predicted molar refractivity (Wildman–Crippen MR) is 63.2 cm³/mol. The average Bonchev–Trinajstić information content (AvgIpc) is 2.60. The van der Waals surface area contributed by atoms with Crippen LogP contribution in [0.3, 0.4) is 0 Å². The third kappa shape index (κ3) is 4.09. The number of amides is 1. The summed E-state index contributed by atoms with van der Waals surface area (Å²) in [5, 5.41) is 2.49. The van der Waals surface area contributed by atoms with Gasteiger partial charge in [0.2, 0.25) is 15.9 Å². The summed E-state index contributed by atoms with van der Waals surface area (Å²) in [4.78, 5) is 10.5. The molecular formula is C8H11ClN2O3S2. The summed E-state index contributed by atoms with van der Waals surface area (Å²) in [5.74, 6) is -0.196. The van der Waals surface area contributed by atoms with Crippen molar-refractivity contribution in [2.75, 3.05) is 13.1 Å². The van der Waals surface area contributed by atoms with Gasteiger partial charge in [-0.1, -0.05) is 11.6 Å². The molecule has 0 radical (unpaired) electrons. The third-order valence-electron chi connectivity index (χ3n) is 1.60. The van der Waals surface area contributed by atoms with Crippen molar-refractivity contribution in [2.24, 2.45) is 0 Å². The molecule has 1 rings (SSSR count). The van der Waals surface area contributed by atoms with Crippen LogP contribution in [0.4, 0.5) is 0 Å². The first-order valence-corrected chi connectivity index (χ1v) is 7.09. The van der Waals surface area contributed by atoms with Crippen LogP contribution in [0.25, 0.3) is 0 Å². The summed E-state index contributed by atoms with van der Waals surface area (Å²) in [6.07, 6.45) is 0. The van der Waals surface area contributed by atoms with Crippen LogP contribution in [0.2, 0.25) is 4.34 Å². The van der Waals surface area contributed by atoms with Gasteiger partial charge >= 0.3 is 0 Å². The zero-order chi connectivity index (χ0) is 12.2. The number of carbonyl (C=O) groups excluding carboxylic acids is 1. The zero-order valence-corrected chi connectivity index (χ0v) is 10.9. The second-order valence-electron chi connectivity index (χ2n) is 2.94. The van der Waals surface area contributed by atoms with Gasteiger partial charge in [-0.15, -0.1) is 11.3 Å². The van der Waals surface area contributed by atoms with Crippen molar-refractivity contribution >= 4 is 38.9 Å². The van der Waals surface area contributed by atoms with Crippen LogP contribution < -0.4 is 10.0 Å². The molecule has 0 aliphatic carbocycles. The van der Waals surface area contributed by atoms with E-state index >= 15 is 0 Å². The van der Waals surface area contributed by atoms with Gasteiger partial charge < -0.3 is 5.32 Å². The molecule has 1 aromatic rings. The number of sulfonamides is 1. The van der Waals surface area contributed by atoms with Gasteiger partial charge in [-0.05, 0) is 12.1 Å². The number of carbonyl (C=O) groups is 1. The van der Waals surface area contributed by atoms with E-state index in [0.29, 0.717) is 4.34 Å². The Morgan fingerprint density at radius 3 is 2.62 bits per heavy atom. The molecule has 16 heavy (non-hydrogen) atoms. The van der Waals surface area contributed by atoms with Crippen LogP contribution in [-0.4, -0.2) is 27.4 Å². The highest BCUT2D eigenvalue weighted by molar-refractivity contribution is 7.91. The molecule has 1 amide bonds. The number of halogens is 1. The maximum atomic E-state index is 11.6. The van der Waals surface area contributed by atoms with Crippen LogP contribution in [-0.2, 0) is 14.8 Å². The van der Waals surface area contributed by atoms with Gasteiger partial charge in [-0.25, -0.2) is 13.1 Å². The molecule has 1 heterocycles. The van der Waals surface area contributed by atoms with Crippen molar-refractivity contribution in [3.8, 4) is 0 Å². The molecule has 0 bridgehead atoms. The van der Waals surface area contributed by atoms with Gasteiger partial charge in [0, 0.05) is 20.0 Å². The molecule has 0 saturated heterocycles. The van der Waals surface area contributed by atoms with E-state index in [-0.39, 0.29) is 23.2 Å². The third-order valence-corrected chi connectivity index (χ3v) is 4.79. The highest BCUT2D eigenvalue weighted by atomic mass is 35.5. The van der Waals surface area contributed by atoms with Crippen molar-refractivity contribution in [2.45, 2.75) is 11.1 Å². The smallest absolute Gasteiger partial charge is 0.250 e. The average molecular weight is 283 g/mol. The predicted octanol–water partition coefficient (Wildman–Crippen LogP) is 0.816. The number of rotatable bonds is 5. The number of hydrogen-bond donors (Lipinski definition) is 2. The Kier molecular flexibility index (Phi) is 4.72. The van der Waals surface area contributed by atoms with Crippen molar-refractivity contribution in [3.05, 3.63) is 16.5 Å². The fraction of sp³-hybridized carbons (Fsp3) is 0.375. The lowest BCUT2D eigenvalue weighted by atomic mass is 10.6. The van der Waals surface area contributed by atoms with Gasteiger partial charge in [-0.3, -0.25) is 4.79 Å². The van der Waals surface area contributed by atoms with Crippen molar-refractivity contribution < 1.29 is 13.2 Å². The molecule has 90 valence electrons. The standard InChI is InChI=1S/C8H11ClN2O3S2/c1-6(12)10-4-5-11-16(13,14)8-3-2-7(9)15-8/h2-3,11H,4-5H2,1H3,(H,10,12). The Hall–Kier alpha value is -0.630. The minimum atomic E-state index is -3.50. The van der Waals surface area contributed by atoms with E-state index in [1.807, 2.05) is 0 Å². The Labute approximate surface area is 103 Å². The molecule has 0 unspecified atom stereocenters. The summed E-state index contributed by atoms with van der Waals surface area (Å²) in [7, 11) is -3.50. The number of hydrogen-bond acceptors (Lipinski definition) is 4. The summed E-state index contributed by atoms with van der Waals surface area (Å²) < 4.78 is 26.2. The molecule has 0 fully saturated rings. The van der Waals surface area contributed by atoms with Crippen LogP contribution >= 0.6 is 22.9 Å². The molecule has 0 atom stereocenters. The Morgan fingerprint density at radius 2 is 2.12 bits per heavy atom. The van der Waals surface area contributed by atoms with E-state index in [2.05, 4.69) is 10.0 Å². The normalized spacial score (nSPS) is 11.4. The minimum absolute atomic E-state index is 0.150. The van der Waals surface area contributed by atoms with Crippen molar-refractivity contribution in [1.29, 1.82) is 0 Å². The second kappa shape index (κ2) is 5.62. The monoisotopic (exact) mass is 282 g/mol. The van der Waals surface area contributed by atoms with Crippen LogP contribution in [0.1, 0.15) is 6.92 Å². The van der Waals surface area contributed by atoms with E-state index in [1.165, 1.54) is 19.1 Å². The highest BCUT2D eigenvalue weighted by Gasteiger charge is 2.15. The van der Waals surface area contributed by atoms with Gasteiger partial charge in [-0.2, -0.15) is 0 Å². The molecule has 8 heteroatoms. The first-order chi connectivity index (χ1) is 7.42. The van der Waals surface area contributed by atoms with Gasteiger partial charge in [0.05, 0.1) is 4.34 Å². The lowest BCUT2D eigenvalue weighted by molar-refractivity contribution is -0.118. The summed E-state index contributed by atoms with van der Waals surface area (Å²) in [6, 6.07) is 2.96. The summed E-state index contributed by atoms with van der Waals surface area (Å²) in [6.45, 7) is 1.78. The topological polar surface area (TPSA) is 75.3 Å². The quantitative estimate of drug-likeness (QED) is 0.785. The zero-order valence-electron chi connectivity index (χ0n) is 8.49. The summed E-state index contributed by atoms with van der Waals surface area (Å²) in [5.41, 5.74) is 0. The molecule has 5 nitrogen and oxygen atoms in total. The molecule has 1 aromatic heterocycles. The maximum Gasteiger partial charge on any atom is 0.250 e. The Balaban J connectivity index is 2.50. The Bertz CT molecular complexity index is 469. The van der Waals surface area contributed by atoms with E-state index in [1.54, 1.807) is 0 Å². The molecule has 0 spiro atoms. The Morgan fingerprint density at radius 1 is 1.44 bits per heavy atom. The fourth-order valence-corrected chi connectivity index (χ4v) is 3.50. The SMILES string of the molecule is CC(=O)NCCNS(=O)(=O)c1ccc(Cl)s1. The highest BCUT2D eigenvalue weighted by Crippen LogP contribution is 2.24. The van der Waals surface area contributed by atoms with Gasteiger partial charge in [0.15, 0.2) is 0 Å². The van der Waals surface area contributed by atoms with E-state index in [9.17, 15) is 13.2 Å². The van der Waals surface area contributed by atoms with E-state index in [4.69, 9.17) is 11.6 Å². The number of thiophene rings is 1. The fourth-order valence-electron chi connectivity index (χ4n) is 0.937. The molecule has 0 saturated carbocycles. The lowest BCUT2D eigenvalue weighted by Gasteiger charge is -2.04. The van der Waals surface area contributed by atoms with Crippen molar-refractivity contribution in [1.82, 2.24) is 10.0 Å². The molecule has 2 N–H and O–H groups in total. The molecule has 0 aliphatic heterocycles. The van der Waals surface area contributed by atoms with Crippen molar-refractivity contribution in [3.63, 3.8) is 0 Å². The van der Waals surface area contributed by atoms with Crippen LogP contribution in [0.15, 0.2) is 16.3 Å². The van der Waals surface area contributed by atoms with E-state index in [0.717, 1.165) is 11.3 Å². The van der Waals surface area contributed by atoms with Crippen LogP contribution in [0.5, 0.6) is 0 Å². The van der Waals surface area contributed by atoms with Gasteiger partial charge in [0.25, 0.3) is 0 Å². The molecular weight excluding hydrogens is 272 g/mol. The van der Waals surface area contributed by atoms with E-state index < -0.39 is 10.0 Å². The molecule has 0 aromatic carbocycles. The number of nitrogens with one attached hydrogen (secondary N) is 2. The molecule has 0 aliphatic rings. The van der Waals surface area contributed by atoms with Crippen LogP contribution in [0, 0.1) is 0 Å². The second-order valence-corrected chi connectivity index (χ2v) is 6.65. The lowest BCUT2D eigenvalue weighted by Crippen LogP contribution is -2.33. The largest absolute Gasteiger partial charge is 0.355 e. The first-order valence-electron chi connectivity index (χ1n) is 4.41. The maximum absolute atomic E-state index is 11.6. The summed E-state index contributed by atoms with van der Waals surface area (Å²) >= 11 is 6.63. The van der Waals surface area contributed by atoms with Gasteiger partial charge in [0.1, 0.15) is 4.21 Å². The minimum Gasteiger partial charge on any atom is -0.355 e.